The lowest BCUT2D eigenvalue weighted by atomic mass is 10.2. The third-order valence-electron chi connectivity index (χ3n) is 4.47. The average Bonchev–Trinajstić information content (AvgIpc) is 3.55. The van der Waals surface area contributed by atoms with Gasteiger partial charge in [0.05, 0.1) is 12.0 Å². The van der Waals surface area contributed by atoms with E-state index >= 15 is 0 Å². The summed E-state index contributed by atoms with van der Waals surface area (Å²) in [7, 11) is 0. The van der Waals surface area contributed by atoms with Crippen LogP contribution in [-0.2, 0) is 14.3 Å². The zero-order chi connectivity index (χ0) is 24.6. The fourth-order valence-electron chi connectivity index (χ4n) is 2.99. The molecule has 12 heteroatoms. The van der Waals surface area contributed by atoms with Crippen molar-refractivity contribution in [3.8, 4) is 17.1 Å². The molecule has 2 heterocycles. The highest BCUT2D eigenvalue weighted by atomic mass is 19.3. The number of para-hydroxylation sites is 2. The van der Waals surface area contributed by atoms with Gasteiger partial charge in [-0.2, -0.15) is 13.5 Å². The van der Waals surface area contributed by atoms with Crippen LogP contribution in [-0.4, -0.2) is 45.3 Å². The molecule has 0 bridgehead atoms. The smallest absolute Gasteiger partial charge is 0.387 e. The summed E-state index contributed by atoms with van der Waals surface area (Å²) in [6.07, 6.45) is 2.77. The van der Waals surface area contributed by atoms with Gasteiger partial charge in [0.1, 0.15) is 11.5 Å². The Morgan fingerprint density at radius 2 is 1.83 bits per heavy atom. The van der Waals surface area contributed by atoms with Crippen LogP contribution < -0.4 is 10.1 Å². The van der Waals surface area contributed by atoms with Gasteiger partial charge in [0.2, 0.25) is 0 Å². The van der Waals surface area contributed by atoms with E-state index in [0.717, 1.165) is 4.68 Å². The van der Waals surface area contributed by atoms with Gasteiger partial charge in [0.25, 0.3) is 5.91 Å². The number of ether oxygens (including phenoxy) is 2. The normalized spacial score (nSPS) is 11.3. The second kappa shape index (κ2) is 10.8. The summed E-state index contributed by atoms with van der Waals surface area (Å²) in [5.74, 6) is -1.38. The molecule has 0 saturated carbocycles. The Morgan fingerprint density at radius 1 is 1.06 bits per heavy atom. The molecule has 0 radical (unpaired) electrons. The Hall–Kier alpha value is -4.87. The molecule has 0 atom stereocenters. The first kappa shape index (κ1) is 23.3. The zero-order valence-corrected chi connectivity index (χ0v) is 17.9. The van der Waals surface area contributed by atoms with Crippen LogP contribution in [0.3, 0.4) is 0 Å². The minimum absolute atomic E-state index is 0.00737. The van der Waals surface area contributed by atoms with Gasteiger partial charge in [0.15, 0.2) is 18.1 Å². The predicted molar refractivity (Wildman–Crippen MR) is 119 cm³/mol. The van der Waals surface area contributed by atoms with Crippen LogP contribution in [0, 0.1) is 0 Å². The number of amides is 1. The second-order valence-electron chi connectivity index (χ2n) is 6.82. The van der Waals surface area contributed by atoms with Crippen LogP contribution >= 0.6 is 0 Å². The minimum atomic E-state index is -3.07. The molecule has 4 rings (SSSR count). The number of aromatic nitrogens is 4. The van der Waals surface area contributed by atoms with Crippen molar-refractivity contribution in [2.24, 2.45) is 0 Å². The maximum absolute atomic E-state index is 13.0. The van der Waals surface area contributed by atoms with E-state index in [2.05, 4.69) is 25.6 Å². The molecule has 4 aromatic rings. The second-order valence-corrected chi connectivity index (χ2v) is 6.82. The summed E-state index contributed by atoms with van der Waals surface area (Å²) in [4.78, 5) is 25.3. The number of rotatable bonds is 9. The van der Waals surface area contributed by atoms with Crippen LogP contribution in [0.25, 0.3) is 23.2 Å². The number of alkyl halides is 2. The molecular weight excluding hydrogens is 464 g/mol. The number of furan rings is 1. The van der Waals surface area contributed by atoms with Gasteiger partial charge < -0.3 is 19.2 Å². The molecule has 178 valence electrons. The Bertz CT molecular complexity index is 1320. The first-order valence-corrected chi connectivity index (χ1v) is 10.1. The lowest BCUT2D eigenvalue weighted by Crippen LogP contribution is -2.23. The molecule has 1 N–H and O–H groups in total. The highest BCUT2D eigenvalue weighted by molar-refractivity contribution is 6.16. The number of anilines is 1. The summed E-state index contributed by atoms with van der Waals surface area (Å²) in [6, 6.07) is 17.7. The van der Waals surface area contributed by atoms with Crippen molar-refractivity contribution < 1.29 is 32.3 Å². The molecule has 0 saturated heterocycles. The number of hydrogen-bond acceptors (Lipinski definition) is 8. The Labute approximate surface area is 196 Å². The number of benzene rings is 2. The lowest BCUT2D eigenvalue weighted by molar-refractivity contribution is -0.141. The van der Waals surface area contributed by atoms with Gasteiger partial charge in [-0.25, -0.2) is 4.79 Å². The maximum Gasteiger partial charge on any atom is 0.387 e. The number of esters is 1. The van der Waals surface area contributed by atoms with Crippen LogP contribution in [0.5, 0.6) is 5.75 Å². The fourth-order valence-corrected chi connectivity index (χ4v) is 2.99. The van der Waals surface area contributed by atoms with Gasteiger partial charge in [0, 0.05) is 11.6 Å². The Kier molecular flexibility index (Phi) is 7.21. The summed E-state index contributed by atoms with van der Waals surface area (Å²) in [6.45, 7) is -3.80. The molecule has 0 unspecified atom stereocenters. The van der Waals surface area contributed by atoms with Crippen molar-refractivity contribution in [2.75, 3.05) is 11.9 Å². The molecular formula is C23H17F2N5O5. The van der Waals surface area contributed by atoms with Crippen molar-refractivity contribution >= 4 is 29.3 Å². The molecule has 0 aliphatic rings. The summed E-state index contributed by atoms with van der Waals surface area (Å²) < 4.78 is 41.2. The van der Waals surface area contributed by atoms with Crippen molar-refractivity contribution in [3.63, 3.8) is 0 Å². The van der Waals surface area contributed by atoms with Crippen molar-refractivity contribution in [2.45, 2.75) is 6.61 Å². The Balaban J connectivity index is 1.52. The number of nitrogens with zero attached hydrogens (tertiary/aromatic N) is 4. The molecule has 0 fully saturated rings. The van der Waals surface area contributed by atoms with Gasteiger partial charge in [-0.15, -0.1) is 5.10 Å². The van der Waals surface area contributed by atoms with E-state index in [1.54, 1.807) is 36.4 Å². The highest BCUT2D eigenvalue weighted by Crippen LogP contribution is 2.25. The highest BCUT2D eigenvalue weighted by Gasteiger charge is 2.22. The molecule has 0 aliphatic carbocycles. The van der Waals surface area contributed by atoms with E-state index in [1.165, 1.54) is 36.6 Å². The number of hydrogen-bond donors (Lipinski definition) is 1. The zero-order valence-electron chi connectivity index (χ0n) is 17.9. The fraction of sp³-hybridized carbons (Fsp3) is 0.0870. The van der Waals surface area contributed by atoms with E-state index in [0.29, 0.717) is 11.3 Å². The molecule has 0 spiro atoms. The van der Waals surface area contributed by atoms with E-state index in [9.17, 15) is 18.4 Å². The topological polar surface area (TPSA) is 121 Å². The third kappa shape index (κ3) is 5.93. The largest absolute Gasteiger partial charge is 0.465 e. The number of carbonyl (C=O) groups is 2. The first-order chi connectivity index (χ1) is 17.0. The van der Waals surface area contributed by atoms with Crippen molar-refractivity contribution in [1.29, 1.82) is 0 Å². The Morgan fingerprint density at radius 3 is 2.57 bits per heavy atom. The summed E-state index contributed by atoms with van der Waals surface area (Å²) in [5.41, 5.74) is 0.495. The lowest BCUT2D eigenvalue weighted by Gasteiger charge is -2.12. The standard InChI is InChI=1S/C23H17F2N5O5/c24-23(25)35-19-11-5-4-10-17(19)26-20(31)14-34-22(32)18(13-16-9-6-12-33-16)30-21(27-28-29-30)15-7-2-1-3-8-15/h1-13,23H,14H2,(H,26,31)/b18-13-. The number of halogens is 2. The van der Waals surface area contributed by atoms with Crippen LogP contribution in [0.4, 0.5) is 14.5 Å². The van der Waals surface area contributed by atoms with Crippen LogP contribution in [0.2, 0.25) is 0 Å². The van der Waals surface area contributed by atoms with Gasteiger partial charge >= 0.3 is 12.6 Å². The summed E-state index contributed by atoms with van der Waals surface area (Å²) >= 11 is 0. The quantitative estimate of drug-likeness (QED) is 0.284. The molecule has 1 amide bonds. The van der Waals surface area contributed by atoms with E-state index < -0.39 is 25.1 Å². The molecule has 2 aromatic carbocycles. The van der Waals surface area contributed by atoms with Gasteiger partial charge in [-0.05, 0) is 34.7 Å². The monoisotopic (exact) mass is 481 g/mol. The SMILES string of the molecule is O=C(COC(=O)/C(=C/c1ccco1)n1nnnc1-c1ccccc1)Nc1ccccc1OC(F)F. The van der Waals surface area contributed by atoms with Crippen LogP contribution in [0.15, 0.2) is 77.4 Å². The van der Waals surface area contributed by atoms with Crippen molar-refractivity contribution in [3.05, 3.63) is 78.8 Å². The first-order valence-electron chi connectivity index (χ1n) is 10.1. The van der Waals surface area contributed by atoms with E-state index in [4.69, 9.17) is 9.15 Å². The van der Waals surface area contributed by atoms with Gasteiger partial charge in [-0.3, -0.25) is 4.79 Å². The molecule has 10 nitrogen and oxygen atoms in total. The van der Waals surface area contributed by atoms with E-state index in [-0.39, 0.29) is 23.0 Å². The third-order valence-corrected chi connectivity index (χ3v) is 4.47. The molecule has 35 heavy (non-hydrogen) atoms. The number of carbonyl (C=O) groups excluding carboxylic acids is 2. The predicted octanol–water partition coefficient (Wildman–Crippen LogP) is 3.71. The van der Waals surface area contributed by atoms with Gasteiger partial charge in [-0.1, -0.05) is 42.5 Å². The minimum Gasteiger partial charge on any atom is -0.465 e. The summed E-state index contributed by atoms with van der Waals surface area (Å²) in [5, 5.41) is 13.9. The van der Waals surface area contributed by atoms with Crippen molar-refractivity contribution in [1.82, 2.24) is 20.2 Å². The van der Waals surface area contributed by atoms with Crippen LogP contribution in [0.1, 0.15) is 5.76 Å². The van der Waals surface area contributed by atoms with E-state index in [1.807, 2.05) is 6.07 Å². The molecule has 2 aromatic heterocycles. The average molecular weight is 481 g/mol. The number of tetrazole rings is 1. The maximum atomic E-state index is 13.0. The number of nitrogens with one attached hydrogen (secondary N) is 1. The molecule has 0 aliphatic heterocycles.